The highest BCUT2D eigenvalue weighted by atomic mass is 32.1. The molecule has 0 aliphatic carbocycles. The number of aryl methyl sites for hydroxylation is 2. The molecule has 0 aliphatic heterocycles. The molecule has 1 atom stereocenters. The predicted molar refractivity (Wildman–Crippen MR) is 120 cm³/mol. The van der Waals surface area contributed by atoms with Gasteiger partial charge in [0, 0.05) is 10.3 Å². The summed E-state index contributed by atoms with van der Waals surface area (Å²) in [7, 11) is 0. The molecule has 0 saturated carbocycles. The highest BCUT2D eigenvalue weighted by molar-refractivity contribution is 7.10. The molecule has 27 heavy (non-hydrogen) atoms. The third-order valence-corrected chi connectivity index (χ3v) is 7.91. The topological polar surface area (TPSA) is 20.2 Å². The summed E-state index contributed by atoms with van der Waals surface area (Å²) in [6.45, 7) is 15.2. The van der Waals surface area contributed by atoms with Crippen LogP contribution in [-0.2, 0) is 18.3 Å². The Labute approximate surface area is 170 Å². The molecule has 0 saturated heterocycles. The molecule has 0 fully saturated rings. The highest BCUT2D eigenvalue weighted by Gasteiger charge is 2.35. The third kappa shape index (κ3) is 4.49. The van der Waals surface area contributed by atoms with E-state index in [-0.39, 0.29) is 10.8 Å². The second kappa shape index (κ2) is 8.49. The molecule has 1 nitrogen and oxygen atoms in total. The molecule has 1 aromatic heterocycles. The average Bonchev–Trinajstić information content (AvgIpc) is 3.16. The minimum Gasteiger partial charge on any atom is -0.390 e. The quantitative estimate of drug-likeness (QED) is 0.511. The van der Waals surface area contributed by atoms with Crippen molar-refractivity contribution in [2.45, 2.75) is 91.6 Å². The summed E-state index contributed by atoms with van der Waals surface area (Å²) < 4.78 is 0. The Bertz CT molecular complexity index is 715. The van der Waals surface area contributed by atoms with Crippen molar-refractivity contribution in [3.05, 3.63) is 57.3 Å². The van der Waals surface area contributed by atoms with Crippen molar-refractivity contribution in [3.63, 3.8) is 0 Å². The SMILES string of the molecule is CCc1cc(C(CC)(CC)c2cccs2)ccc1CCC(C)(O)C(C)(C)C. The summed E-state index contributed by atoms with van der Waals surface area (Å²) in [5.74, 6) is 0. The zero-order valence-electron chi connectivity index (χ0n) is 18.4. The van der Waals surface area contributed by atoms with E-state index in [2.05, 4.69) is 77.3 Å². The summed E-state index contributed by atoms with van der Waals surface area (Å²) in [5, 5.41) is 13.1. The van der Waals surface area contributed by atoms with E-state index in [0.717, 1.165) is 32.1 Å². The van der Waals surface area contributed by atoms with Gasteiger partial charge in [-0.25, -0.2) is 0 Å². The number of hydrogen-bond donors (Lipinski definition) is 1. The van der Waals surface area contributed by atoms with Gasteiger partial charge < -0.3 is 5.11 Å². The standard InChI is InChI=1S/C25H38OS/c1-8-19-18-21(25(9-2,10-3)22-12-11-17-27-22)14-13-20(19)15-16-24(7,26)23(4,5)6/h11-14,17-18,26H,8-10,15-16H2,1-7H3. The molecule has 0 amide bonds. The second-order valence-corrected chi connectivity index (χ2v) is 10.1. The van der Waals surface area contributed by atoms with Gasteiger partial charge >= 0.3 is 0 Å². The molecular formula is C25H38OS. The van der Waals surface area contributed by atoms with Crippen LogP contribution in [0.25, 0.3) is 0 Å². The summed E-state index contributed by atoms with van der Waals surface area (Å²) in [6.07, 6.45) is 4.99. The van der Waals surface area contributed by atoms with Gasteiger partial charge in [-0.1, -0.05) is 65.8 Å². The molecule has 1 heterocycles. The van der Waals surface area contributed by atoms with Gasteiger partial charge in [-0.3, -0.25) is 0 Å². The molecule has 1 N–H and O–H groups in total. The summed E-state index contributed by atoms with van der Waals surface area (Å²) in [6, 6.07) is 11.6. The van der Waals surface area contributed by atoms with Gasteiger partial charge in [-0.05, 0) is 72.6 Å². The van der Waals surface area contributed by atoms with Crippen LogP contribution in [0.3, 0.4) is 0 Å². The van der Waals surface area contributed by atoms with Gasteiger partial charge in [-0.15, -0.1) is 11.3 Å². The van der Waals surface area contributed by atoms with E-state index in [9.17, 15) is 5.11 Å². The lowest BCUT2D eigenvalue weighted by Gasteiger charge is -2.37. The van der Waals surface area contributed by atoms with E-state index in [1.807, 2.05) is 18.3 Å². The largest absolute Gasteiger partial charge is 0.390 e. The molecule has 0 aliphatic rings. The second-order valence-electron chi connectivity index (χ2n) is 9.13. The smallest absolute Gasteiger partial charge is 0.0670 e. The predicted octanol–water partition coefficient (Wildman–Crippen LogP) is 7.15. The first-order valence-electron chi connectivity index (χ1n) is 10.5. The van der Waals surface area contributed by atoms with Gasteiger partial charge in [0.15, 0.2) is 0 Å². The lowest BCUT2D eigenvalue weighted by atomic mass is 9.72. The lowest BCUT2D eigenvalue weighted by molar-refractivity contribution is -0.0476. The van der Waals surface area contributed by atoms with Crippen molar-refractivity contribution in [1.82, 2.24) is 0 Å². The Kier molecular flexibility index (Phi) is 6.97. The van der Waals surface area contributed by atoms with Crippen LogP contribution in [0.2, 0.25) is 0 Å². The highest BCUT2D eigenvalue weighted by Crippen LogP contribution is 2.42. The Morgan fingerprint density at radius 3 is 2.07 bits per heavy atom. The molecule has 150 valence electrons. The van der Waals surface area contributed by atoms with Crippen molar-refractivity contribution in [1.29, 1.82) is 0 Å². The van der Waals surface area contributed by atoms with E-state index >= 15 is 0 Å². The third-order valence-electron chi connectivity index (χ3n) is 6.84. The molecular weight excluding hydrogens is 348 g/mol. The van der Waals surface area contributed by atoms with E-state index in [1.54, 1.807) is 0 Å². The molecule has 0 spiro atoms. The van der Waals surface area contributed by atoms with Crippen molar-refractivity contribution in [2.24, 2.45) is 5.41 Å². The number of benzene rings is 1. The maximum Gasteiger partial charge on any atom is 0.0670 e. The van der Waals surface area contributed by atoms with Gasteiger partial charge in [0.25, 0.3) is 0 Å². The van der Waals surface area contributed by atoms with E-state index < -0.39 is 5.60 Å². The normalized spacial score (nSPS) is 15.0. The molecule has 2 heteroatoms. The fraction of sp³-hybridized carbons (Fsp3) is 0.600. The number of hydrogen-bond acceptors (Lipinski definition) is 2. The van der Waals surface area contributed by atoms with Crippen LogP contribution >= 0.6 is 11.3 Å². The van der Waals surface area contributed by atoms with Crippen LogP contribution in [0.1, 0.15) is 89.3 Å². The maximum atomic E-state index is 10.9. The first kappa shape index (κ1) is 22.2. The molecule has 1 unspecified atom stereocenters. The van der Waals surface area contributed by atoms with Crippen LogP contribution in [0.15, 0.2) is 35.7 Å². The fourth-order valence-corrected chi connectivity index (χ4v) is 5.04. The minimum absolute atomic E-state index is 0.113. The Morgan fingerprint density at radius 1 is 0.926 bits per heavy atom. The van der Waals surface area contributed by atoms with Crippen molar-refractivity contribution in [3.8, 4) is 0 Å². The van der Waals surface area contributed by atoms with Crippen LogP contribution < -0.4 is 0 Å². The van der Waals surface area contributed by atoms with E-state index in [0.29, 0.717) is 0 Å². The number of aliphatic hydroxyl groups is 1. The summed E-state index contributed by atoms with van der Waals surface area (Å²) >= 11 is 1.87. The van der Waals surface area contributed by atoms with Gasteiger partial charge in [0.1, 0.15) is 0 Å². The maximum absolute atomic E-state index is 10.9. The van der Waals surface area contributed by atoms with Gasteiger partial charge in [0.2, 0.25) is 0 Å². The first-order chi connectivity index (χ1) is 12.6. The zero-order chi connectivity index (χ0) is 20.3. The molecule has 2 rings (SSSR count). The number of rotatable bonds is 8. The van der Waals surface area contributed by atoms with Crippen molar-refractivity contribution >= 4 is 11.3 Å². The van der Waals surface area contributed by atoms with Gasteiger partial charge in [-0.2, -0.15) is 0 Å². The first-order valence-corrected chi connectivity index (χ1v) is 11.4. The minimum atomic E-state index is -0.662. The van der Waals surface area contributed by atoms with E-state index in [1.165, 1.54) is 21.6 Å². The van der Waals surface area contributed by atoms with Crippen molar-refractivity contribution in [2.75, 3.05) is 0 Å². The summed E-state index contributed by atoms with van der Waals surface area (Å²) in [4.78, 5) is 1.47. The van der Waals surface area contributed by atoms with Crippen molar-refractivity contribution < 1.29 is 5.11 Å². The average molecular weight is 387 g/mol. The molecule has 0 bridgehead atoms. The number of thiophene rings is 1. The van der Waals surface area contributed by atoms with Crippen LogP contribution in [0.4, 0.5) is 0 Å². The van der Waals surface area contributed by atoms with E-state index in [4.69, 9.17) is 0 Å². The fourth-order valence-electron chi connectivity index (χ4n) is 3.95. The molecule has 1 aromatic carbocycles. The summed E-state index contributed by atoms with van der Waals surface area (Å²) in [5.41, 5.74) is 3.60. The monoisotopic (exact) mass is 386 g/mol. The Balaban J connectivity index is 2.36. The lowest BCUT2D eigenvalue weighted by Crippen LogP contribution is -2.40. The van der Waals surface area contributed by atoms with Gasteiger partial charge in [0.05, 0.1) is 5.60 Å². The van der Waals surface area contributed by atoms with Crippen LogP contribution in [0.5, 0.6) is 0 Å². The zero-order valence-corrected chi connectivity index (χ0v) is 19.2. The molecule has 0 radical (unpaired) electrons. The Morgan fingerprint density at radius 2 is 1.59 bits per heavy atom. The Hall–Kier alpha value is -1.12. The molecule has 2 aromatic rings. The van der Waals surface area contributed by atoms with Crippen LogP contribution in [-0.4, -0.2) is 10.7 Å². The van der Waals surface area contributed by atoms with Crippen LogP contribution in [0, 0.1) is 5.41 Å².